The van der Waals surface area contributed by atoms with E-state index < -0.39 is 0 Å². The Morgan fingerprint density at radius 1 is 1.03 bits per heavy atom. The van der Waals surface area contributed by atoms with Crippen LogP contribution in [0.25, 0.3) is 0 Å². The first-order valence-corrected chi connectivity index (χ1v) is 12.2. The van der Waals surface area contributed by atoms with Gasteiger partial charge in [0.2, 0.25) is 0 Å². The smallest absolute Gasteiger partial charge is 0.253 e. The number of hydrogen-bond acceptors (Lipinski definition) is 4. The van der Waals surface area contributed by atoms with Gasteiger partial charge in [0.05, 0.1) is 6.61 Å². The molecule has 2 aromatic rings. The van der Waals surface area contributed by atoms with Crippen LogP contribution in [0.2, 0.25) is 0 Å². The highest BCUT2D eigenvalue weighted by Crippen LogP contribution is 2.22. The van der Waals surface area contributed by atoms with E-state index in [1.807, 2.05) is 47.9 Å². The number of thioether (sulfide) groups is 1. The third kappa shape index (κ3) is 5.79. The Morgan fingerprint density at radius 3 is 2.50 bits per heavy atom. The number of hydrogen-bond donors (Lipinski definition) is 0. The van der Waals surface area contributed by atoms with E-state index in [0.29, 0.717) is 12.5 Å². The van der Waals surface area contributed by atoms with Gasteiger partial charge in [-0.3, -0.25) is 9.69 Å². The Bertz CT molecular complexity index is 816. The molecule has 5 heteroatoms. The molecular weight excluding hydrogens is 392 g/mol. The van der Waals surface area contributed by atoms with E-state index in [1.54, 1.807) is 0 Å². The Kier molecular flexibility index (Phi) is 7.34. The molecule has 2 fully saturated rings. The van der Waals surface area contributed by atoms with Gasteiger partial charge < -0.3 is 9.64 Å². The number of nitrogens with zero attached hydrogens (tertiary/aromatic N) is 2. The molecule has 0 aliphatic carbocycles. The Balaban J connectivity index is 1.26. The zero-order chi connectivity index (χ0) is 20.8. The number of aryl methyl sites for hydroxylation is 1. The van der Waals surface area contributed by atoms with Crippen LogP contribution in [0.4, 0.5) is 0 Å². The molecule has 30 heavy (non-hydrogen) atoms. The lowest BCUT2D eigenvalue weighted by Crippen LogP contribution is -2.41. The van der Waals surface area contributed by atoms with E-state index in [9.17, 15) is 4.79 Å². The molecule has 4 rings (SSSR count). The second kappa shape index (κ2) is 10.4. The molecule has 0 unspecified atom stereocenters. The van der Waals surface area contributed by atoms with Gasteiger partial charge in [0, 0.05) is 55.7 Å². The number of carbonyl (C=O) groups excluding carboxylic acids is 1. The van der Waals surface area contributed by atoms with Crippen LogP contribution in [-0.2, 0) is 6.54 Å². The minimum absolute atomic E-state index is 0.139. The fourth-order valence-electron chi connectivity index (χ4n) is 4.19. The summed E-state index contributed by atoms with van der Waals surface area (Å²) in [4.78, 5) is 17.3. The van der Waals surface area contributed by atoms with Gasteiger partial charge in [-0.15, -0.1) is 0 Å². The van der Waals surface area contributed by atoms with Gasteiger partial charge >= 0.3 is 0 Å². The van der Waals surface area contributed by atoms with Crippen molar-refractivity contribution in [1.82, 2.24) is 9.80 Å². The number of carbonyl (C=O) groups is 1. The van der Waals surface area contributed by atoms with Crippen molar-refractivity contribution in [3.8, 4) is 5.75 Å². The summed E-state index contributed by atoms with van der Waals surface area (Å²) >= 11 is 2.05. The molecule has 2 saturated heterocycles. The molecule has 2 aromatic carbocycles. The number of benzene rings is 2. The topological polar surface area (TPSA) is 32.8 Å². The average Bonchev–Trinajstić information content (AvgIpc) is 2.79. The Hall–Kier alpha value is -1.98. The lowest BCUT2D eigenvalue weighted by atomic mass is 9.98. The molecule has 2 aliphatic heterocycles. The quantitative estimate of drug-likeness (QED) is 0.685. The second-order valence-corrected chi connectivity index (χ2v) is 9.69. The van der Waals surface area contributed by atoms with Gasteiger partial charge in [-0.05, 0) is 49.6 Å². The molecule has 4 nitrogen and oxygen atoms in total. The van der Waals surface area contributed by atoms with Crippen molar-refractivity contribution in [2.45, 2.75) is 26.3 Å². The van der Waals surface area contributed by atoms with Crippen LogP contribution in [0, 0.1) is 12.8 Å². The summed E-state index contributed by atoms with van der Waals surface area (Å²) in [7, 11) is 0. The molecular formula is C25H32N2O2S. The summed E-state index contributed by atoms with van der Waals surface area (Å²) in [6, 6.07) is 16.4. The zero-order valence-corrected chi connectivity index (χ0v) is 18.7. The van der Waals surface area contributed by atoms with Gasteiger partial charge in [0.25, 0.3) is 5.91 Å². The van der Waals surface area contributed by atoms with Crippen LogP contribution in [0.1, 0.15) is 34.3 Å². The molecule has 2 heterocycles. The van der Waals surface area contributed by atoms with Gasteiger partial charge in [-0.2, -0.15) is 11.8 Å². The van der Waals surface area contributed by atoms with Crippen molar-refractivity contribution >= 4 is 17.7 Å². The maximum absolute atomic E-state index is 12.8. The lowest BCUT2D eigenvalue weighted by Gasteiger charge is -2.32. The van der Waals surface area contributed by atoms with Crippen molar-refractivity contribution in [1.29, 1.82) is 0 Å². The number of amides is 1. The number of rotatable bonds is 6. The monoisotopic (exact) mass is 424 g/mol. The molecule has 160 valence electrons. The van der Waals surface area contributed by atoms with E-state index in [1.165, 1.54) is 35.7 Å². The van der Waals surface area contributed by atoms with Crippen LogP contribution in [0.5, 0.6) is 5.75 Å². The Labute approximate surface area is 184 Å². The van der Waals surface area contributed by atoms with Crippen molar-refractivity contribution < 1.29 is 9.53 Å². The number of ether oxygens (including phenoxy) is 1. The van der Waals surface area contributed by atoms with Gasteiger partial charge in [-0.25, -0.2) is 0 Å². The third-order valence-electron chi connectivity index (χ3n) is 6.02. The molecule has 0 saturated carbocycles. The summed E-state index contributed by atoms with van der Waals surface area (Å²) in [6.07, 6.45) is 2.15. The van der Waals surface area contributed by atoms with Crippen molar-refractivity contribution in [3.63, 3.8) is 0 Å². The highest BCUT2D eigenvalue weighted by atomic mass is 32.2. The fourth-order valence-corrected chi connectivity index (χ4v) is 5.17. The summed E-state index contributed by atoms with van der Waals surface area (Å²) < 4.78 is 6.09. The summed E-state index contributed by atoms with van der Waals surface area (Å²) in [6.45, 7) is 7.72. The van der Waals surface area contributed by atoms with Crippen LogP contribution < -0.4 is 4.74 Å². The van der Waals surface area contributed by atoms with Gasteiger partial charge in [0.1, 0.15) is 5.75 Å². The van der Waals surface area contributed by atoms with E-state index in [4.69, 9.17) is 4.74 Å². The molecule has 0 bridgehead atoms. The molecule has 0 spiro atoms. The standard InChI is InChI=1S/C25H32N2O2S/c1-20-4-8-23(9-5-20)25(28)27-12-2-3-22(18-27)19-29-24-10-6-21(7-11-24)17-26-13-15-30-16-14-26/h4-11,22H,2-3,12-19H2,1H3/t22-/m1/s1. The minimum Gasteiger partial charge on any atom is -0.493 e. The highest BCUT2D eigenvalue weighted by Gasteiger charge is 2.25. The highest BCUT2D eigenvalue weighted by molar-refractivity contribution is 7.99. The minimum atomic E-state index is 0.139. The maximum Gasteiger partial charge on any atom is 0.253 e. The summed E-state index contributed by atoms with van der Waals surface area (Å²) in [5.41, 5.74) is 3.31. The molecule has 0 radical (unpaired) electrons. The first-order chi connectivity index (χ1) is 14.7. The SMILES string of the molecule is Cc1ccc(C(=O)N2CCC[C@@H](COc3ccc(CN4CCSCC4)cc3)C2)cc1. The van der Waals surface area contributed by atoms with Crippen molar-refractivity contribution in [2.24, 2.45) is 5.92 Å². The van der Waals surface area contributed by atoms with E-state index in [2.05, 4.69) is 29.2 Å². The van der Waals surface area contributed by atoms with Crippen molar-refractivity contribution in [2.75, 3.05) is 44.3 Å². The van der Waals surface area contributed by atoms with Crippen molar-refractivity contribution in [3.05, 3.63) is 65.2 Å². The molecule has 1 atom stereocenters. The number of likely N-dealkylation sites (tertiary alicyclic amines) is 1. The molecule has 0 aromatic heterocycles. The average molecular weight is 425 g/mol. The normalized spacial score (nSPS) is 20.2. The Morgan fingerprint density at radius 2 is 1.77 bits per heavy atom. The predicted molar refractivity (Wildman–Crippen MR) is 124 cm³/mol. The lowest BCUT2D eigenvalue weighted by molar-refractivity contribution is 0.0633. The zero-order valence-electron chi connectivity index (χ0n) is 17.9. The fraction of sp³-hybridized carbons (Fsp3) is 0.480. The maximum atomic E-state index is 12.8. The molecule has 0 N–H and O–H groups in total. The van der Waals surface area contributed by atoms with Crippen LogP contribution >= 0.6 is 11.8 Å². The van der Waals surface area contributed by atoms with E-state index >= 15 is 0 Å². The first-order valence-electron chi connectivity index (χ1n) is 11.1. The van der Waals surface area contributed by atoms with E-state index in [0.717, 1.165) is 43.8 Å². The summed E-state index contributed by atoms with van der Waals surface area (Å²) in [5.74, 6) is 3.94. The third-order valence-corrected chi connectivity index (χ3v) is 6.97. The van der Waals surface area contributed by atoms with Gasteiger partial charge in [0.15, 0.2) is 0 Å². The first kappa shape index (κ1) is 21.3. The summed E-state index contributed by atoms with van der Waals surface area (Å²) in [5, 5.41) is 0. The molecule has 2 aliphatic rings. The molecule has 1 amide bonds. The largest absolute Gasteiger partial charge is 0.493 e. The van der Waals surface area contributed by atoms with Crippen LogP contribution in [0.3, 0.4) is 0 Å². The van der Waals surface area contributed by atoms with Gasteiger partial charge in [-0.1, -0.05) is 29.8 Å². The van der Waals surface area contributed by atoms with Crippen LogP contribution in [0.15, 0.2) is 48.5 Å². The predicted octanol–water partition coefficient (Wildman–Crippen LogP) is 4.48. The second-order valence-electron chi connectivity index (χ2n) is 8.47. The van der Waals surface area contributed by atoms with Crippen LogP contribution in [-0.4, -0.2) is 60.0 Å². The van der Waals surface area contributed by atoms with E-state index in [-0.39, 0.29) is 5.91 Å². The number of piperidine rings is 1.